The van der Waals surface area contributed by atoms with Crippen LogP contribution in [0, 0.1) is 5.82 Å². The summed E-state index contributed by atoms with van der Waals surface area (Å²) in [6, 6.07) is 10.8. The standard InChI is InChI=1S/C15H14BrFN2O2/c16-11-7-12(17)9-13(8-11)18-15(21)19-14-4-2-1-3-10(14)5-6-20/h1-4,7-9,20H,5-6H2,(H2,18,19,21). The van der Waals surface area contributed by atoms with E-state index in [9.17, 15) is 9.18 Å². The molecule has 0 aliphatic rings. The summed E-state index contributed by atoms with van der Waals surface area (Å²) in [5.41, 5.74) is 1.79. The van der Waals surface area contributed by atoms with Crippen molar-refractivity contribution in [3.05, 3.63) is 58.3 Å². The number of halogens is 2. The van der Waals surface area contributed by atoms with Crippen molar-refractivity contribution in [3.8, 4) is 0 Å². The molecule has 2 amide bonds. The molecule has 4 nitrogen and oxygen atoms in total. The number of benzene rings is 2. The minimum Gasteiger partial charge on any atom is -0.396 e. The fourth-order valence-corrected chi connectivity index (χ4v) is 2.36. The van der Waals surface area contributed by atoms with Gasteiger partial charge in [0.05, 0.1) is 0 Å². The fourth-order valence-electron chi connectivity index (χ4n) is 1.89. The summed E-state index contributed by atoms with van der Waals surface area (Å²) in [5, 5.41) is 14.2. The lowest BCUT2D eigenvalue weighted by molar-refractivity contribution is 0.262. The van der Waals surface area contributed by atoms with Gasteiger partial charge < -0.3 is 15.7 Å². The topological polar surface area (TPSA) is 61.4 Å². The number of amides is 2. The Bertz CT molecular complexity index is 629. The molecule has 0 saturated heterocycles. The lowest BCUT2D eigenvalue weighted by Gasteiger charge is -2.11. The Morgan fingerprint density at radius 1 is 1.19 bits per heavy atom. The highest BCUT2D eigenvalue weighted by molar-refractivity contribution is 9.10. The SMILES string of the molecule is O=C(Nc1cc(F)cc(Br)c1)Nc1ccccc1CCO. The molecule has 0 spiro atoms. The van der Waals surface area contributed by atoms with Crippen molar-refractivity contribution in [2.45, 2.75) is 6.42 Å². The molecule has 0 saturated carbocycles. The maximum absolute atomic E-state index is 13.2. The van der Waals surface area contributed by atoms with E-state index in [-0.39, 0.29) is 6.61 Å². The zero-order valence-electron chi connectivity index (χ0n) is 11.1. The first-order valence-electron chi connectivity index (χ1n) is 6.31. The third kappa shape index (κ3) is 4.54. The van der Waals surface area contributed by atoms with Crippen LogP contribution in [0.1, 0.15) is 5.56 Å². The number of rotatable bonds is 4. The first-order valence-corrected chi connectivity index (χ1v) is 7.10. The van der Waals surface area contributed by atoms with Crippen LogP contribution in [0.4, 0.5) is 20.6 Å². The predicted molar refractivity (Wildman–Crippen MR) is 84.0 cm³/mol. The molecule has 0 aromatic heterocycles. The average molecular weight is 353 g/mol. The number of hydrogen-bond donors (Lipinski definition) is 3. The van der Waals surface area contributed by atoms with E-state index in [2.05, 4.69) is 26.6 Å². The maximum atomic E-state index is 13.2. The van der Waals surface area contributed by atoms with Crippen molar-refractivity contribution in [1.29, 1.82) is 0 Å². The van der Waals surface area contributed by atoms with Crippen molar-refractivity contribution >= 4 is 33.3 Å². The molecule has 2 aromatic carbocycles. The molecule has 0 radical (unpaired) electrons. The van der Waals surface area contributed by atoms with Gasteiger partial charge in [-0.25, -0.2) is 9.18 Å². The summed E-state index contributed by atoms with van der Waals surface area (Å²) < 4.78 is 13.8. The van der Waals surface area contributed by atoms with Crippen molar-refractivity contribution in [3.63, 3.8) is 0 Å². The van der Waals surface area contributed by atoms with Crippen molar-refractivity contribution in [2.24, 2.45) is 0 Å². The molecule has 0 aliphatic heterocycles. The van der Waals surface area contributed by atoms with E-state index in [4.69, 9.17) is 5.11 Å². The summed E-state index contributed by atoms with van der Waals surface area (Å²) in [4.78, 5) is 11.9. The van der Waals surface area contributed by atoms with Crippen LogP contribution in [-0.4, -0.2) is 17.7 Å². The van der Waals surface area contributed by atoms with Gasteiger partial charge in [-0.3, -0.25) is 0 Å². The number of carbonyl (C=O) groups excluding carboxylic acids is 1. The van der Waals surface area contributed by atoms with Gasteiger partial charge in [0.25, 0.3) is 0 Å². The van der Waals surface area contributed by atoms with Crippen molar-refractivity contribution in [2.75, 3.05) is 17.2 Å². The molecule has 0 unspecified atom stereocenters. The normalized spacial score (nSPS) is 10.2. The number of nitrogens with one attached hydrogen (secondary N) is 2. The summed E-state index contributed by atoms with van der Waals surface area (Å²) in [6.07, 6.45) is 0.446. The van der Waals surface area contributed by atoms with Crippen molar-refractivity contribution < 1.29 is 14.3 Å². The maximum Gasteiger partial charge on any atom is 0.323 e. The second-order valence-corrected chi connectivity index (χ2v) is 5.28. The predicted octanol–water partition coefficient (Wildman–Crippen LogP) is 3.77. The van der Waals surface area contributed by atoms with Crippen LogP contribution in [0.5, 0.6) is 0 Å². The van der Waals surface area contributed by atoms with Crippen LogP contribution in [0.2, 0.25) is 0 Å². The molecule has 6 heteroatoms. The molecule has 2 aromatic rings. The first-order chi connectivity index (χ1) is 10.1. The number of urea groups is 1. The van der Waals surface area contributed by atoms with Gasteiger partial charge in [-0.1, -0.05) is 34.1 Å². The molecular formula is C15H14BrFN2O2. The zero-order chi connectivity index (χ0) is 15.2. The highest BCUT2D eigenvalue weighted by Crippen LogP contribution is 2.20. The van der Waals surface area contributed by atoms with E-state index in [0.717, 1.165) is 5.56 Å². The van der Waals surface area contributed by atoms with Gasteiger partial charge in [0.1, 0.15) is 5.82 Å². The number of aliphatic hydroxyl groups is 1. The zero-order valence-corrected chi connectivity index (χ0v) is 12.7. The molecule has 2 rings (SSSR count). The van der Waals surface area contributed by atoms with Crippen molar-refractivity contribution in [1.82, 2.24) is 0 Å². The Morgan fingerprint density at radius 2 is 1.95 bits per heavy atom. The Labute approximate surface area is 130 Å². The number of carbonyl (C=O) groups is 1. The van der Waals surface area contributed by atoms with E-state index >= 15 is 0 Å². The van der Waals surface area contributed by atoms with E-state index in [0.29, 0.717) is 22.3 Å². The lowest BCUT2D eigenvalue weighted by Crippen LogP contribution is -2.20. The van der Waals surface area contributed by atoms with Gasteiger partial charge in [0.2, 0.25) is 0 Å². The molecule has 21 heavy (non-hydrogen) atoms. The van der Waals surface area contributed by atoms with Crippen LogP contribution in [0.25, 0.3) is 0 Å². The summed E-state index contributed by atoms with van der Waals surface area (Å²) >= 11 is 3.16. The number of aliphatic hydroxyl groups excluding tert-OH is 1. The first kappa shape index (κ1) is 15.5. The Balaban J connectivity index is 2.08. The number of hydrogen-bond acceptors (Lipinski definition) is 2. The second-order valence-electron chi connectivity index (χ2n) is 4.37. The van der Waals surface area contributed by atoms with Gasteiger partial charge >= 0.3 is 6.03 Å². The Hall–Kier alpha value is -1.92. The quantitative estimate of drug-likeness (QED) is 0.784. The van der Waals surface area contributed by atoms with Crippen LogP contribution in [0.3, 0.4) is 0 Å². The van der Waals surface area contributed by atoms with Gasteiger partial charge in [-0.2, -0.15) is 0 Å². The lowest BCUT2D eigenvalue weighted by atomic mass is 10.1. The smallest absolute Gasteiger partial charge is 0.323 e. The molecular weight excluding hydrogens is 339 g/mol. The van der Waals surface area contributed by atoms with Crippen LogP contribution in [0.15, 0.2) is 46.9 Å². The van der Waals surface area contributed by atoms with Gasteiger partial charge in [0.15, 0.2) is 0 Å². The summed E-state index contributed by atoms with van der Waals surface area (Å²) in [5.74, 6) is -0.444. The molecule has 3 N–H and O–H groups in total. The van der Waals surface area contributed by atoms with Crippen LogP contribution >= 0.6 is 15.9 Å². The number of para-hydroxylation sites is 1. The fraction of sp³-hybridized carbons (Fsp3) is 0.133. The Morgan fingerprint density at radius 3 is 2.67 bits per heavy atom. The highest BCUT2D eigenvalue weighted by Gasteiger charge is 2.07. The molecule has 0 aliphatic carbocycles. The third-order valence-corrected chi connectivity index (χ3v) is 3.22. The minimum absolute atomic E-state index is 0.00282. The van der Waals surface area contributed by atoms with E-state index in [1.54, 1.807) is 18.2 Å². The van der Waals surface area contributed by atoms with Crippen LogP contribution < -0.4 is 10.6 Å². The van der Waals surface area contributed by atoms with Crippen LogP contribution in [-0.2, 0) is 6.42 Å². The second kappa shape index (κ2) is 7.19. The Kier molecular flexibility index (Phi) is 5.30. The van der Waals surface area contributed by atoms with Gasteiger partial charge in [-0.05, 0) is 36.2 Å². The molecule has 0 bridgehead atoms. The van der Waals surface area contributed by atoms with Gasteiger partial charge in [0, 0.05) is 22.5 Å². The van der Waals surface area contributed by atoms with Gasteiger partial charge in [-0.15, -0.1) is 0 Å². The molecule has 0 atom stereocenters. The largest absolute Gasteiger partial charge is 0.396 e. The van der Waals surface area contributed by atoms with E-state index < -0.39 is 11.8 Å². The third-order valence-electron chi connectivity index (χ3n) is 2.77. The van der Waals surface area contributed by atoms with E-state index in [1.807, 2.05) is 12.1 Å². The number of anilines is 2. The average Bonchev–Trinajstić information content (AvgIpc) is 2.40. The van der Waals surface area contributed by atoms with E-state index in [1.165, 1.54) is 12.1 Å². The summed E-state index contributed by atoms with van der Waals surface area (Å²) in [6.45, 7) is -0.00282. The highest BCUT2D eigenvalue weighted by atomic mass is 79.9. The molecule has 110 valence electrons. The minimum atomic E-state index is -0.474. The monoisotopic (exact) mass is 352 g/mol. The molecule has 0 fully saturated rings. The molecule has 0 heterocycles. The summed E-state index contributed by atoms with van der Waals surface area (Å²) in [7, 11) is 0.